The topological polar surface area (TPSA) is 228 Å². The van der Waals surface area contributed by atoms with E-state index in [9.17, 15) is 45.6 Å². The number of unbranched alkanes of at least 4 members (excludes halogenated alkanes) is 47. The van der Waals surface area contributed by atoms with Gasteiger partial charge in [0.05, 0.1) is 32.0 Å². The summed E-state index contributed by atoms with van der Waals surface area (Å²) in [5.74, 6) is -0.242. The van der Waals surface area contributed by atoms with E-state index in [0.29, 0.717) is 12.8 Å². The Labute approximate surface area is 569 Å². The van der Waals surface area contributed by atoms with Gasteiger partial charge in [-0.2, -0.15) is 0 Å². The lowest BCUT2D eigenvalue weighted by molar-refractivity contribution is -0.359. The highest BCUT2D eigenvalue weighted by molar-refractivity contribution is 5.76. The Bertz CT molecular complexity index is 1750. The number of nitrogens with one attached hydrogen (secondary N) is 1. The maximum atomic E-state index is 13.3. The summed E-state index contributed by atoms with van der Waals surface area (Å²) in [6, 6.07) is -0.931. The van der Waals surface area contributed by atoms with Crippen molar-refractivity contribution >= 4 is 5.91 Å². The van der Waals surface area contributed by atoms with Crippen LogP contribution in [0.2, 0.25) is 0 Å². The zero-order valence-corrected chi connectivity index (χ0v) is 59.8. The summed E-state index contributed by atoms with van der Waals surface area (Å²) in [4.78, 5) is 13.3. The minimum atomic E-state index is -1.79. The van der Waals surface area contributed by atoms with Gasteiger partial charge in [-0.1, -0.05) is 332 Å². The van der Waals surface area contributed by atoms with Crippen molar-refractivity contribution in [2.75, 3.05) is 19.8 Å². The molecular weight excluding hydrogens is 1170 g/mol. The van der Waals surface area contributed by atoms with Crippen LogP contribution in [0.25, 0.3) is 0 Å². The van der Waals surface area contributed by atoms with Crippen LogP contribution in [0.1, 0.15) is 354 Å². The van der Waals surface area contributed by atoms with Gasteiger partial charge in [-0.15, -0.1) is 0 Å². The molecule has 0 bridgehead atoms. The van der Waals surface area contributed by atoms with Crippen LogP contribution in [0, 0.1) is 0 Å². The second-order valence-corrected chi connectivity index (χ2v) is 27.8. The predicted molar refractivity (Wildman–Crippen MR) is 383 cm³/mol. The Morgan fingerprint density at radius 2 is 0.720 bits per heavy atom. The molecule has 2 aliphatic rings. The lowest BCUT2D eigenvalue weighted by Crippen LogP contribution is -2.65. The summed E-state index contributed by atoms with van der Waals surface area (Å²) in [6.45, 7) is 2.81. The molecule has 546 valence electrons. The summed E-state index contributed by atoms with van der Waals surface area (Å²) in [6.07, 6.45) is 67.9. The zero-order chi connectivity index (χ0) is 67.3. The second kappa shape index (κ2) is 63.4. The van der Waals surface area contributed by atoms with Crippen LogP contribution in [0.3, 0.4) is 0 Å². The third kappa shape index (κ3) is 46.8. The summed E-state index contributed by atoms with van der Waals surface area (Å²) in [5, 5.41) is 87.5. The molecule has 0 radical (unpaired) electrons. The van der Waals surface area contributed by atoms with Gasteiger partial charge in [0, 0.05) is 6.42 Å². The number of aliphatic hydroxyl groups excluding tert-OH is 8. The fourth-order valence-corrected chi connectivity index (χ4v) is 13.0. The average Bonchev–Trinajstić information content (AvgIpc) is 0.958. The lowest BCUT2D eigenvalue weighted by Gasteiger charge is -2.46. The maximum absolute atomic E-state index is 13.3. The Morgan fingerprint density at radius 3 is 1.12 bits per heavy atom. The van der Waals surface area contributed by atoms with Crippen molar-refractivity contribution in [2.45, 2.75) is 428 Å². The van der Waals surface area contributed by atoms with E-state index in [4.69, 9.17) is 18.9 Å². The van der Waals surface area contributed by atoms with Crippen molar-refractivity contribution in [3.05, 3.63) is 48.6 Å². The second-order valence-electron chi connectivity index (χ2n) is 27.8. The monoisotopic (exact) mass is 1320 g/mol. The van der Waals surface area contributed by atoms with Gasteiger partial charge in [0.2, 0.25) is 5.91 Å². The molecule has 9 N–H and O–H groups in total. The molecule has 0 aromatic rings. The molecule has 14 nitrogen and oxygen atoms in total. The van der Waals surface area contributed by atoms with Crippen LogP contribution in [-0.2, 0) is 23.7 Å². The van der Waals surface area contributed by atoms with Crippen LogP contribution in [0.5, 0.6) is 0 Å². The molecule has 0 spiro atoms. The van der Waals surface area contributed by atoms with E-state index in [1.165, 1.54) is 283 Å². The van der Waals surface area contributed by atoms with E-state index < -0.39 is 86.8 Å². The molecule has 1 amide bonds. The zero-order valence-electron chi connectivity index (χ0n) is 59.8. The van der Waals surface area contributed by atoms with Gasteiger partial charge >= 0.3 is 0 Å². The number of rotatable bonds is 66. The Kier molecular flexibility index (Phi) is 59.3. The van der Waals surface area contributed by atoms with Crippen molar-refractivity contribution < 1.29 is 64.6 Å². The molecule has 93 heavy (non-hydrogen) atoms. The standard InChI is InChI=1S/C79H147NO13/c1-3-5-7-9-11-13-15-17-19-21-23-24-25-26-27-28-29-30-31-32-33-34-35-36-37-38-39-40-41-42-43-44-45-47-49-51-53-55-57-59-61-63-71(84)80-67(68(83)62-60-58-56-54-52-50-48-46-22-20-18-16-14-12-10-8-6-4-2)66-90-78-76(89)74(87)77(70(65-82)92-78)93-79-75(88)73(86)72(85)69(64-81)91-79/h15,17,21,23,52,54,60,62,67-70,72-79,81-83,85-89H,3-14,16,18-20,22,24-51,53,55-59,61,63-66H2,1-2H3,(H,80,84)/b17-15-,23-21-,54-52+,62-60+. The molecule has 2 aliphatic heterocycles. The average molecular weight is 1320 g/mol. The molecule has 0 aromatic carbocycles. The first-order valence-electron chi connectivity index (χ1n) is 39.4. The van der Waals surface area contributed by atoms with Gasteiger partial charge in [-0.05, 0) is 64.2 Å². The van der Waals surface area contributed by atoms with Crippen LogP contribution < -0.4 is 5.32 Å². The number of carbonyl (C=O) groups excluding carboxylic acids is 1. The van der Waals surface area contributed by atoms with Gasteiger partial charge in [0.15, 0.2) is 12.6 Å². The molecule has 0 aromatic heterocycles. The van der Waals surface area contributed by atoms with E-state index in [1.54, 1.807) is 6.08 Å². The van der Waals surface area contributed by atoms with Crippen molar-refractivity contribution in [2.24, 2.45) is 0 Å². The number of hydrogen-bond acceptors (Lipinski definition) is 13. The normalized spacial score (nSPS) is 22.8. The Hall–Kier alpha value is -2.05. The number of allylic oxidation sites excluding steroid dienone is 7. The first kappa shape index (κ1) is 87.0. The van der Waals surface area contributed by atoms with Crippen molar-refractivity contribution in [3.8, 4) is 0 Å². The molecule has 2 rings (SSSR count). The Morgan fingerprint density at radius 1 is 0.387 bits per heavy atom. The number of ether oxygens (including phenoxy) is 4. The number of aliphatic hydroxyl groups is 8. The van der Waals surface area contributed by atoms with E-state index in [2.05, 4.69) is 55.6 Å². The Balaban J connectivity index is 1.55. The summed E-state index contributed by atoms with van der Waals surface area (Å²) < 4.78 is 22.9. The maximum Gasteiger partial charge on any atom is 0.220 e. The number of carbonyl (C=O) groups is 1. The van der Waals surface area contributed by atoms with Gasteiger partial charge in [-0.3, -0.25) is 4.79 Å². The number of amides is 1. The lowest BCUT2D eigenvalue weighted by atomic mass is 9.97. The van der Waals surface area contributed by atoms with Crippen molar-refractivity contribution in [1.82, 2.24) is 5.32 Å². The third-order valence-electron chi connectivity index (χ3n) is 19.2. The highest BCUT2D eigenvalue weighted by Crippen LogP contribution is 2.30. The smallest absolute Gasteiger partial charge is 0.220 e. The van der Waals surface area contributed by atoms with E-state index in [1.807, 2.05) is 6.08 Å². The highest BCUT2D eigenvalue weighted by Gasteiger charge is 2.51. The fraction of sp³-hybridized carbons (Fsp3) is 0.886. The minimum absolute atomic E-state index is 0.242. The van der Waals surface area contributed by atoms with Crippen LogP contribution in [0.4, 0.5) is 0 Å². The third-order valence-corrected chi connectivity index (χ3v) is 19.2. The molecule has 14 heteroatoms. The first-order valence-corrected chi connectivity index (χ1v) is 39.4. The molecule has 12 unspecified atom stereocenters. The van der Waals surface area contributed by atoms with Gasteiger partial charge in [0.25, 0.3) is 0 Å². The predicted octanol–water partition coefficient (Wildman–Crippen LogP) is 17.4. The van der Waals surface area contributed by atoms with Crippen molar-refractivity contribution in [1.29, 1.82) is 0 Å². The molecular formula is C79H147NO13. The molecule has 2 fully saturated rings. The molecule has 12 atom stereocenters. The summed E-state index contributed by atoms with van der Waals surface area (Å²) >= 11 is 0. The largest absolute Gasteiger partial charge is 0.394 e. The SMILES string of the molecule is CCCCCCC/C=C\C/C=C\CCCCCCCCCCCCCCCCCCCCCCCCCCCCCCCC(=O)NC(COC1OC(CO)C(OC2OC(CO)C(O)C(O)C2O)C(O)C1O)C(O)/C=C/CC/C=C/CCCCCCCCCCCCCC. The molecule has 2 heterocycles. The molecule has 0 aliphatic carbocycles. The quantitative estimate of drug-likeness (QED) is 0.0204. The highest BCUT2D eigenvalue weighted by atomic mass is 16.7. The summed E-state index contributed by atoms with van der Waals surface area (Å²) in [5.41, 5.74) is 0. The van der Waals surface area contributed by atoms with Gasteiger partial charge in [-0.25, -0.2) is 0 Å². The fourth-order valence-electron chi connectivity index (χ4n) is 13.0. The van der Waals surface area contributed by atoms with E-state index in [0.717, 1.165) is 38.5 Å². The van der Waals surface area contributed by atoms with Crippen LogP contribution in [-0.4, -0.2) is 140 Å². The van der Waals surface area contributed by atoms with E-state index in [-0.39, 0.29) is 18.9 Å². The number of hydrogen-bond donors (Lipinski definition) is 9. The minimum Gasteiger partial charge on any atom is -0.394 e. The molecule has 0 saturated carbocycles. The first-order chi connectivity index (χ1) is 45.6. The van der Waals surface area contributed by atoms with Crippen LogP contribution >= 0.6 is 0 Å². The van der Waals surface area contributed by atoms with Crippen molar-refractivity contribution in [3.63, 3.8) is 0 Å². The summed E-state index contributed by atoms with van der Waals surface area (Å²) in [7, 11) is 0. The molecule has 2 saturated heterocycles. The van der Waals surface area contributed by atoms with Gasteiger partial charge in [0.1, 0.15) is 48.8 Å². The van der Waals surface area contributed by atoms with Crippen LogP contribution in [0.15, 0.2) is 48.6 Å². The van der Waals surface area contributed by atoms with Gasteiger partial charge < -0.3 is 65.1 Å². The van der Waals surface area contributed by atoms with E-state index >= 15 is 0 Å².